The molecule has 3 aromatic rings. The van der Waals surface area contributed by atoms with E-state index < -0.39 is 0 Å². The van der Waals surface area contributed by atoms with Gasteiger partial charge in [0.1, 0.15) is 0 Å². The second-order valence-electron chi connectivity index (χ2n) is 3.88. The highest BCUT2D eigenvalue weighted by molar-refractivity contribution is 5.74. The van der Waals surface area contributed by atoms with Crippen molar-refractivity contribution in [2.45, 2.75) is 13.5 Å². The van der Waals surface area contributed by atoms with E-state index in [0.717, 1.165) is 17.6 Å². The van der Waals surface area contributed by atoms with Crippen molar-refractivity contribution in [3.63, 3.8) is 0 Å². The van der Waals surface area contributed by atoms with E-state index in [4.69, 9.17) is 4.52 Å². The molecule has 3 rings (SSSR count). The number of nitrogens with zero attached hydrogens (tertiary/aromatic N) is 4. The van der Waals surface area contributed by atoms with Crippen LogP contribution >= 0.6 is 0 Å². The lowest BCUT2D eigenvalue weighted by Gasteiger charge is -1.93. The Hall–Kier alpha value is -2.21. The highest BCUT2D eigenvalue weighted by Crippen LogP contribution is 2.22. The minimum atomic E-state index is 0.504. The molecule has 0 aromatic carbocycles. The maximum atomic E-state index is 5.26. The van der Waals surface area contributed by atoms with E-state index in [9.17, 15) is 0 Å². The fourth-order valence-electron chi connectivity index (χ4n) is 1.77. The number of nitrogens with one attached hydrogen (secondary N) is 1. The Morgan fingerprint density at radius 2 is 2.33 bits per heavy atom. The van der Waals surface area contributed by atoms with Crippen molar-refractivity contribution < 1.29 is 4.52 Å². The lowest BCUT2D eigenvalue weighted by molar-refractivity contribution is 0.420. The second kappa shape index (κ2) is 4.58. The molecule has 3 heterocycles. The van der Waals surface area contributed by atoms with Gasteiger partial charge in [-0.2, -0.15) is 10.1 Å². The van der Waals surface area contributed by atoms with E-state index in [1.54, 1.807) is 10.7 Å². The Morgan fingerprint density at radius 1 is 1.39 bits per heavy atom. The zero-order valence-corrected chi connectivity index (χ0v) is 10.00. The third-order valence-corrected chi connectivity index (χ3v) is 2.66. The van der Waals surface area contributed by atoms with Crippen LogP contribution < -0.4 is 5.32 Å². The van der Waals surface area contributed by atoms with Crippen molar-refractivity contribution in [2.24, 2.45) is 0 Å². The van der Waals surface area contributed by atoms with E-state index in [-0.39, 0.29) is 0 Å². The summed E-state index contributed by atoms with van der Waals surface area (Å²) < 4.78 is 7.04. The van der Waals surface area contributed by atoms with Gasteiger partial charge in [-0.05, 0) is 18.7 Å². The number of aromatic nitrogens is 4. The molecule has 0 atom stereocenters. The molecule has 6 nitrogen and oxygen atoms in total. The average Bonchev–Trinajstić information content (AvgIpc) is 3.02. The Morgan fingerprint density at radius 3 is 3.22 bits per heavy atom. The largest absolute Gasteiger partial charge is 0.334 e. The Bertz CT molecular complexity index is 657. The molecule has 0 fully saturated rings. The van der Waals surface area contributed by atoms with Crippen LogP contribution in [0.2, 0.25) is 0 Å². The van der Waals surface area contributed by atoms with Crippen LogP contribution in [0.4, 0.5) is 0 Å². The summed E-state index contributed by atoms with van der Waals surface area (Å²) in [4.78, 5) is 4.35. The number of hydrogen-bond donors (Lipinski definition) is 1. The van der Waals surface area contributed by atoms with Crippen molar-refractivity contribution in [2.75, 3.05) is 6.54 Å². The predicted molar refractivity (Wildman–Crippen MR) is 65.9 cm³/mol. The minimum absolute atomic E-state index is 0.504. The van der Waals surface area contributed by atoms with Gasteiger partial charge in [-0.1, -0.05) is 18.1 Å². The van der Waals surface area contributed by atoms with Crippen LogP contribution in [0.15, 0.2) is 35.1 Å². The summed E-state index contributed by atoms with van der Waals surface area (Å²) in [6, 6.07) is 5.85. The summed E-state index contributed by atoms with van der Waals surface area (Å²) in [5.41, 5.74) is 1.81. The van der Waals surface area contributed by atoms with Crippen LogP contribution in [0.5, 0.6) is 0 Å². The molecular formula is C12H13N5O. The highest BCUT2D eigenvalue weighted by atomic mass is 16.5. The van der Waals surface area contributed by atoms with Crippen LogP contribution in [-0.4, -0.2) is 26.3 Å². The normalized spacial score (nSPS) is 11.2. The Labute approximate surface area is 104 Å². The molecule has 6 heteroatoms. The van der Waals surface area contributed by atoms with Gasteiger partial charge in [0.2, 0.25) is 0 Å². The molecular weight excluding hydrogens is 230 g/mol. The van der Waals surface area contributed by atoms with Gasteiger partial charge in [0.15, 0.2) is 5.82 Å². The first kappa shape index (κ1) is 10.9. The number of rotatable bonds is 4. The molecule has 1 N–H and O–H groups in total. The molecule has 0 aliphatic carbocycles. The van der Waals surface area contributed by atoms with Crippen molar-refractivity contribution in [1.82, 2.24) is 25.1 Å². The molecule has 0 aliphatic rings. The van der Waals surface area contributed by atoms with Gasteiger partial charge in [0, 0.05) is 6.20 Å². The van der Waals surface area contributed by atoms with Crippen molar-refractivity contribution in [1.29, 1.82) is 0 Å². The predicted octanol–water partition coefficient (Wildman–Crippen LogP) is 1.49. The summed E-state index contributed by atoms with van der Waals surface area (Å²) in [6.45, 7) is 3.52. The van der Waals surface area contributed by atoms with Crippen LogP contribution in [0.1, 0.15) is 12.7 Å². The molecule has 18 heavy (non-hydrogen) atoms. The van der Waals surface area contributed by atoms with Gasteiger partial charge in [-0.15, -0.1) is 0 Å². The third kappa shape index (κ3) is 1.86. The van der Waals surface area contributed by atoms with E-state index in [0.29, 0.717) is 18.3 Å². The summed E-state index contributed by atoms with van der Waals surface area (Å²) in [6.07, 6.45) is 3.62. The highest BCUT2D eigenvalue weighted by Gasteiger charge is 2.13. The molecule has 0 bridgehead atoms. The van der Waals surface area contributed by atoms with E-state index in [1.165, 1.54) is 0 Å². The smallest absolute Gasteiger partial charge is 0.261 e. The molecule has 0 amide bonds. The topological polar surface area (TPSA) is 68.2 Å². The molecule has 0 saturated carbocycles. The second-order valence-corrected chi connectivity index (χ2v) is 3.88. The summed E-state index contributed by atoms with van der Waals surface area (Å²) in [5.74, 6) is 1.16. The lowest BCUT2D eigenvalue weighted by atomic mass is 10.2. The number of hydrogen-bond acceptors (Lipinski definition) is 5. The fourth-order valence-corrected chi connectivity index (χ4v) is 1.77. The first-order valence-electron chi connectivity index (χ1n) is 5.84. The zero-order valence-electron chi connectivity index (χ0n) is 10.00. The van der Waals surface area contributed by atoms with Crippen molar-refractivity contribution in [3.8, 4) is 11.5 Å². The molecule has 3 aromatic heterocycles. The first-order valence-corrected chi connectivity index (χ1v) is 5.84. The molecule has 0 aliphatic heterocycles. The van der Waals surface area contributed by atoms with Crippen molar-refractivity contribution >= 4 is 5.52 Å². The molecule has 0 unspecified atom stereocenters. The quantitative estimate of drug-likeness (QED) is 0.752. The van der Waals surface area contributed by atoms with Gasteiger partial charge in [-0.3, -0.25) is 0 Å². The first-order chi connectivity index (χ1) is 8.88. The van der Waals surface area contributed by atoms with Crippen LogP contribution in [0.25, 0.3) is 17.0 Å². The summed E-state index contributed by atoms with van der Waals surface area (Å²) in [5, 5.41) is 11.3. The van der Waals surface area contributed by atoms with Crippen LogP contribution in [-0.2, 0) is 6.54 Å². The monoisotopic (exact) mass is 243 g/mol. The summed E-state index contributed by atoms with van der Waals surface area (Å²) in [7, 11) is 0. The van der Waals surface area contributed by atoms with Crippen molar-refractivity contribution in [3.05, 3.63) is 36.4 Å². The van der Waals surface area contributed by atoms with E-state index >= 15 is 0 Å². The van der Waals surface area contributed by atoms with Gasteiger partial charge >= 0.3 is 0 Å². The lowest BCUT2D eigenvalue weighted by Crippen LogP contribution is -2.12. The van der Waals surface area contributed by atoms with E-state index in [1.807, 2.05) is 31.3 Å². The standard InChI is InChI=1S/C12H13N5O/c1-2-13-8-11-15-12(18-16-11)9-7-14-17-6-4-3-5-10(9)17/h3-7,13H,2,8H2,1H3. The van der Waals surface area contributed by atoms with E-state index in [2.05, 4.69) is 20.6 Å². The molecule has 0 saturated heterocycles. The number of pyridine rings is 1. The zero-order chi connectivity index (χ0) is 12.4. The fraction of sp³-hybridized carbons (Fsp3) is 0.250. The van der Waals surface area contributed by atoms with Gasteiger partial charge in [-0.25, -0.2) is 4.52 Å². The molecule has 0 spiro atoms. The third-order valence-electron chi connectivity index (χ3n) is 2.66. The summed E-state index contributed by atoms with van der Waals surface area (Å²) >= 11 is 0. The van der Waals surface area contributed by atoms with Crippen LogP contribution in [0.3, 0.4) is 0 Å². The SMILES string of the molecule is CCNCc1noc(-c2cnn3ccccc23)n1. The van der Waals surface area contributed by atoms with Crippen LogP contribution in [0, 0.1) is 0 Å². The average molecular weight is 243 g/mol. The van der Waals surface area contributed by atoms with Gasteiger partial charge < -0.3 is 9.84 Å². The maximum Gasteiger partial charge on any atom is 0.261 e. The number of fused-ring (bicyclic) bond motifs is 1. The van der Waals surface area contributed by atoms with Gasteiger partial charge in [0.05, 0.1) is 23.8 Å². The maximum absolute atomic E-state index is 5.26. The minimum Gasteiger partial charge on any atom is -0.334 e. The Balaban J connectivity index is 1.96. The Kier molecular flexibility index (Phi) is 2.77. The van der Waals surface area contributed by atoms with Gasteiger partial charge in [0.25, 0.3) is 5.89 Å². The molecule has 92 valence electrons. The molecule has 0 radical (unpaired) electrons.